The Hall–Kier alpha value is -2.24. The molecule has 142 valence electrons. The maximum Gasteiger partial charge on any atom is 0.227 e. The van der Waals surface area contributed by atoms with Gasteiger partial charge in [0.25, 0.3) is 0 Å². The quantitative estimate of drug-likeness (QED) is 0.833. The van der Waals surface area contributed by atoms with E-state index in [1.807, 2.05) is 0 Å². The summed E-state index contributed by atoms with van der Waals surface area (Å²) >= 11 is 0. The third-order valence-corrected chi connectivity index (χ3v) is 5.63. The Bertz CT molecular complexity index is 823. The third kappa shape index (κ3) is 3.89. The molecule has 1 atom stereocenters. The molecule has 0 N–H and O–H groups in total. The predicted molar refractivity (Wildman–Crippen MR) is 103 cm³/mol. The number of carbonyl (C=O) groups is 1. The number of anilines is 1. The minimum absolute atomic E-state index is 0.0861. The number of benzene rings is 2. The Morgan fingerprint density at radius 2 is 1.89 bits per heavy atom. The Balaban J connectivity index is 1.52. The van der Waals surface area contributed by atoms with Crippen LogP contribution in [0, 0.1) is 18.2 Å². The molecule has 1 amide bonds. The molecule has 2 aromatic carbocycles. The lowest BCUT2D eigenvalue weighted by Gasteiger charge is -2.31. The highest BCUT2D eigenvalue weighted by atomic mass is 19.1. The van der Waals surface area contributed by atoms with Gasteiger partial charge in [-0.3, -0.25) is 9.69 Å². The molecule has 4 rings (SSSR count). The molecule has 0 aliphatic carbocycles. The largest absolute Gasteiger partial charge is 0.379 e. The first-order valence-electron chi connectivity index (χ1n) is 9.45. The predicted octanol–water partition coefficient (Wildman–Crippen LogP) is 3.39. The van der Waals surface area contributed by atoms with E-state index in [-0.39, 0.29) is 17.1 Å². The molecule has 4 nitrogen and oxygen atoms in total. The normalized spacial score (nSPS) is 23.8. The Morgan fingerprint density at radius 1 is 1.11 bits per heavy atom. The van der Waals surface area contributed by atoms with Crippen molar-refractivity contribution in [3.8, 4) is 0 Å². The van der Waals surface area contributed by atoms with Gasteiger partial charge in [-0.15, -0.1) is 0 Å². The lowest BCUT2D eigenvalue weighted by molar-refractivity contribution is -0.118. The van der Waals surface area contributed by atoms with Crippen LogP contribution < -0.4 is 4.90 Å². The number of amides is 1. The number of hydrogen-bond donors (Lipinski definition) is 0. The van der Waals surface area contributed by atoms with E-state index in [0.717, 1.165) is 25.3 Å². The second kappa shape index (κ2) is 7.41. The summed E-state index contributed by atoms with van der Waals surface area (Å²) in [7, 11) is 0. The van der Waals surface area contributed by atoms with Crippen molar-refractivity contribution in [3.63, 3.8) is 0 Å². The van der Waals surface area contributed by atoms with Crippen molar-refractivity contribution in [2.75, 3.05) is 37.7 Å². The molecule has 5 heteroatoms. The Kier molecular flexibility index (Phi) is 4.98. The van der Waals surface area contributed by atoms with Crippen LogP contribution in [0.2, 0.25) is 0 Å². The molecular formula is C22H25FN2O2. The highest BCUT2D eigenvalue weighted by Crippen LogP contribution is 2.37. The fraction of sp³-hybridized carbons (Fsp3) is 0.409. The zero-order chi connectivity index (χ0) is 18.9. The number of carbonyl (C=O) groups excluding carboxylic acids is 1. The lowest BCUT2D eigenvalue weighted by Crippen LogP contribution is -2.40. The number of halogens is 1. The molecule has 2 saturated heterocycles. The second-order valence-corrected chi connectivity index (χ2v) is 7.82. The van der Waals surface area contributed by atoms with Crippen molar-refractivity contribution in [1.29, 1.82) is 0 Å². The minimum Gasteiger partial charge on any atom is -0.379 e. The number of ether oxygens (including phenoxy) is 1. The van der Waals surface area contributed by atoms with Gasteiger partial charge in [0.15, 0.2) is 0 Å². The Morgan fingerprint density at radius 3 is 2.67 bits per heavy atom. The van der Waals surface area contributed by atoms with Gasteiger partial charge in [0, 0.05) is 43.7 Å². The van der Waals surface area contributed by atoms with Crippen LogP contribution in [0.4, 0.5) is 10.1 Å². The van der Waals surface area contributed by atoms with E-state index in [2.05, 4.69) is 36.1 Å². The van der Waals surface area contributed by atoms with Crippen molar-refractivity contribution in [3.05, 3.63) is 65.5 Å². The molecule has 0 radical (unpaired) electrons. The van der Waals surface area contributed by atoms with Crippen molar-refractivity contribution < 1.29 is 13.9 Å². The van der Waals surface area contributed by atoms with E-state index in [1.165, 1.54) is 23.3 Å². The first-order valence-corrected chi connectivity index (χ1v) is 9.45. The fourth-order valence-corrected chi connectivity index (χ4v) is 4.20. The van der Waals surface area contributed by atoms with E-state index in [1.54, 1.807) is 17.0 Å². The molecule has 2 fully saturated rings. The number of aryl methyl sites for hydroxylation is 1. The van der Waals surface area contributed by atoms with Crippen LogP contribution in [-0.2, 0) is 16.1 Å². The number of nitrogens with zero attached hydrogens (tertiary/aromatic N) is 2. The molecule has 0 bridgehead atoms. The average Bonchev–Trinajstić information content (AvgIpc) is 2.84. The van der Waals surface area contributed by atoms with E-state index in [4.69, 9.17) is 4.74 Å². The van der Waals surface area contributed by atoms with Gasteiger partial charge < -0.3 is 9.64 Å². The second-order valence-electron chi connectivity index (χ2n) is 7.82. The summed E-state index contributed by atoms with van der Waals surface area (Å²) in [6.07, 6.45) is 0.467. The number of hydrogen-bond acceptors (Lipinski definition) is 3. The zero-order valence-electron chi connectivity index (χ0n) is 15.7. The highest BCUT2D eigenvalue weighted by molar-refractivity contribution is 5.96. The number of rotatable bonds is 3. The van der Waals surface area contributed by atoms with Crippen molar-refractivity contribution in [2.24, 2.45) is 5.41 Å². The van der Waals surface area contributed by atoms with Gasteiger partial charge >= 0.3 is 0 Å². The van der Waals surface area contributed by atoms with Crippen LogP contribution in [0.15, 0.2) is 48.5 Å². The van der Waals surface area contributed by atoms with Gasteiger partial charge in [0.1, 0.15) is 5.82 Å². The molecule has 0 aromatic heterocycles. The van der Waals surface area contributed by atoms with E-state index >= 15 is 0 Å². The molecule has 0 saturated carbocycles. The van der Waals surface area contributed by atoms with Crippen molar-refractivity contribution in [2.45, 2.75) is 19.9 Å². The monoisotopic (exact) mass is 368 g/mol. The highest BCUT2D eigenvalue weighted by Gasteiger charge is 2.46. The Labute approximate surface area is 159 Å². The summed E-state index contributed by atoms with van der Waals surface area (Å²) in [6, 6.07) is 14.6. The molecule has 1 spiro atoms. The fourth-order valence-electron chi connectivity index (χ4n) is 4.20. The standard InChI is InChI=1S/C22H25FN2O2/c1-17-4-2-3-5-18(17)13-24-10-11-27-16-22(14-24)12-21(26)25(15-22)20-8-6-19(23)7-9-20/h2-9H,10-16H2,1H3. The van der Waals surface area contributed by atoms with Gasteiger partial charge in [-0.05, 0) is 42.3 Å². The summed E-state index contributed by atoms with van der Waals surface area (Å²) in [5, 5.41) is 0. The molecule has 1 unspecified atom stereocenters. The van der Waals surface area contributed by atoms with Gasteiger partial charge in [0.05, 0.1) is 13.2 Å². The topological polar surface area (TPSA) is 32.8 Å². The third-order valence-electron chi connectivity index (χ3n) is 5.63. The summed E-state index contributed by atoms with van der Waals surface area (Å²) in [6.45, 7) is 6.56. The van der Waals surface area contributed by atoms with Crippen LogP contribution in [-0.4, -0.2) is 43.7 Å². The molecule has 2 aliphatic heterocycles. The zero-order valence-corrected chi connectivity index (χ0v) is 15.7. The van der Waals surface area contributed by atoms with E-state index in [9.17, 15) is 9.18 Å². The molecular weight excluding hydrogens is 343 g/mol. The van der Waals surface area contributed by atoms with Crippen LogP contribution in [0.1, 0.15) is 17.5 Å². The van der Waals surface area contributed by atoms with E-state index in [0.29, 0.717) is 26.2 Å². The first kappa shape index (κ1) is 18.1. The molecule has 2 heterocycles. The summed E-state index contributed by atoms with van der Waals surface area (Å²) < 4.78 is 19.1. The molecule has 27 heavy (non-hydrogen) atoms. The minimum atomic E-state index is -0.290. The van der Waals surface area contributed by atoms with Gasteiger partial charge in [-0.2, -0.15) is 0 Å². The van der Waals surface area contributed by atoms with Crippen molar-refractivity contribution >= 4 is 11.6 Å². The smallest absolute Gasteiger partial charge is 0.227 e. The lowest BCUT2D eigenvalue weighted by atomic mass is 9.87. The van der Waals surface area contributed by atoms with Crippen molar-refractivity contribution in [1.82, 2.24) is 4.90 Å². The van der Waals surface area contributed by atoms with Crippen LogP contribution in [0.25, 0.3) is 0 Å². The van der Waals surface area contributed by atoms with E-state index < -0.39 is 0 Å². The maximum absolute atomic E-state index is 13.2. The van der Waals surface area contributed by atoms with Gasteiger partial charge in [-0.25, -0.2) is 4.39 Å². The van der Waals surface area contributed by atoms with Gasteiger partial charge in [0.2, 0.25) is 5.91 Å². The first-order chi connectivity index (χ1) is 13.0. The molecule has 2 aliphatic rings. The average molecular weight is 368 g/mol. The van der Waals surface area contributed by atoms with Crippen LogP contribution in [0.3, 0.4) is 0 Å². The summed E-state index contributed by atoms with van der Waals surface area (Å²) in [5.41, 5.74) is 3.14. The summed E-state index contributed by atoms with van der Waals surface area (Å²) in [4.78, 5) is 16.9. The molecule has 2 aromatic rings. The van der Waals surface area contributed by atoms with Crippen LogP contribution in [0.5, 0.6) is 0 Å². The maximum atomic E-state index is 13.2. The SMILES string of the molecule is Cc1ccccc1CN1CCOCC2(CC(=O)N(c3ccc(F)cc3)C2)C1. The van der Waals surface area contributed by atoms with Gasteiger partial charge in [-0.1, -0.05) is 24.3 Å². The summed E-state index contributed by atoms with van der Waals surface area (Å²) in [5.74, 6) is -0.203. The van der Waals surface area contributed by atoms with Crippen LogP contribution >= 0.6 is 0 Å².